The molecule has 6 nitrogen and oxygen atoms in total. The van der Waals surface area contributed by atoms with Crippen LogP contribution in [0.1, 0.15) is 22.8 Å². The van der Waals surface area contributed by atoms with Crippen molar-refractivity contribution in [1.29, 1.82) is 0 Å². The molecule has 0 saturated carbocycles. The van der Waals surface area contributed by atoms with Gasteiger partial charge in [0.2, 0.25) is 0 Å². The van der Waals surface area contributed by atoms with Crippen LogP contribution in [0, 0.1) is 6.92 Å². The van der Waals surface area contributed by atoms with Crippen LogP contribution in [0.2, 0.25) is 0 Å². The highest BCUT2D eigenvalue weighted by atomic mass is 16.5. The van der Waals surface area contributed by atoms with Gasteiger partial charge in [0, 0.05) is 6.54 Å². The van der Waals surface area contributed by atoms with Gasteiger partial charge in [-0.2, -0.15) is 0 Å². The fourth-order valence-electron chi connectivity index (χ4n) is 1.37. The largest absolute Gasteiger partial charge is 0.496 e. The van der Waals surface area contributed by atoms with Crippen molar-refractivity contribution < 1.29 is 14.3 Å². The molecule has 98 valence electrons. The molecule has 0 aliphatic rings. The zero-order chi connectivity index (χ0) is 13.5. The van der Waals surface area contributed by atoms with Gasteiger partial charge in [0.15, 0.2) is 0 Å². The number of hydrogen-bond acceptors (Lipinski definition) is 3. The Morgan fingerprint density at radius 2 is 2.00 bits per heavy atom. The molecule has 3 N–H and O–H groups in total. The minimum atomic E-state index is -0.461. The lowest BCUT2D eigenvalue weighted by molar-refractivity contribution is 0.0933. The van der Waals surface area contributed by atoms with Crippen molar-refractivity contribution in [3.63, 3.8) is 0 Å². The molecule has 18 heavy (non-hydrogen) atoms. The van der Waals surface area contributed by atoms with E-state index in [1.54, 1.807) is 25.1 Å². The van der Waals surface area contributed by atoms with Gasteiger partial charge in [0.05, 0.1) is 12.7 Å². The maximum absolute atomic E-state index is 11.8. The predicted molar refractivity (Wildman–Crippen MR) is 67.4 cm³/mol. The second kappa shape index (κ2) is 6.48. The van der Waals surface area contributed by atoms with E-state index in [1.165, 1.54) is 7.11 Å². The quantitative estimate of drug-likeness (QED) is 0.700. The first-order valence-corrected chi connectivity index (χ1v) is 5.57. The summed E-state index contributed by atoms with van der Waals surface area (Å²) in [6.07, 6.45) is 0. The lowest BCUT2D eigenvalue weighted by atomic mass is 10.1. The summed E-state index contributed by atoms with van der Waals surface area (Å²) < 4.78 is 5.11. The molecule has 0 aliphatic heterocycles. The van der Waals surface area contributed by atoms with Crippen molar-refractivity contribution in [1.82, 2.24) is 16.2 Å². The topological polar surface area (TPSA) is 79.5 Å². The Labute approximate surface area is 106 Å². The summed E-state index contributed by atoms with van der Waals surface area (Å²) in [5, 5.41) is 2.49. The van der Waals surface area contributed by atoms with E-state index in [0.29, 0.717) is 17.9 Å². The van der Waals surface area contributed by atoms with Gasteiger partial charge < -0.3 is 10.1 Å². The number of carbonyl (C=O) groups excluding carboxylic acids is 2. The molecule has 3 amide bonds. The van der Waals surface area contributed by atoms with Crippen LogP contribution in [-0.4, -0.2) is 25.6 Å². The van der Waals surface area contributed by atoms with E-state index in [4.69, 9.17) is 4.74 Å². The second-order valence-electron chi connectivity index (χ2n) is 3.64. The van der Waals surface area contributed by atoms with Crippen LogP contribution in [0.15, 0.2) is 18.2 Å². The summed E-state index contributed by atoms with van der Waals surface area (Å²) in [7, 11) is 1.49. The molecule has 0 aliphatic carbocycles. The number of amides is 3. The highest BCUT2D eigenvalue weighted by Gasteiger charge is 2.12. The third-order valence-corrected chi connectivity index (χ3v) is 2.23. The van der Waals surface area contributed by atoms with Crippen LogP contribution in [0.4, 0.5) is 4.79 Å². The van der Waals surface area contributed by atoms with E-state index in [2.05, 4.69) is 16.2 Å². The molecule has 1 aromatic rings. The fourth-order valence-corrected chi connectivity index (χ4v) is 1.37. The molecule has 0 atom stereocenters. The molecule has 6 heteroatoms. The average Bonchev–Trinajstić information content (AvgIpc) is 2.36. The number of hydrogen-bond donors (Lipinski definition) is 3. The van der Waals surface area contributed by atoms with E-state index in [1.807, 2.05) is 6.92 Å². The SMILES string of the molecule is CCNC(=O)NNC(=O)c1ccc(C)cc1OC. The molecule has 0 spiro atoms. The molecule has 0 fully saturated rings. The van der Waals surface area contributed by atoms with Crippen LogP contribution >= 0.6 is 0 Å². The molecule has 0 unspecified atom stereocenters. The van der Waals surface area contributed by atoms with Gasteiger partial charge in [0.1, 0.15) is 5.75 Å². The zero-order valence-corrected chi connectivity index (χ0v) is 10.7. The summed E-state index contributed by atoms with van der Waals surface area (Å²) in [5.74, 6) is 0.0308. The normalized spacial score (nSPS) is 9.50. The number of benzene rings is 1. The number of hydrazine groups is 1. The molecule has 1 rings (SSSR count). The van der Waals surface area contributed by atoms with Crippen molar-refractivity contribution in [2.75, 3.05) is 13.7 Å². The fraction of sp³-hybridized carbons (Fsp3) is 0.333. The van der Waals surface area contributed by atoms with Crippen LogP contribution < -0.4 is 20.9 Å². The third kappa shape index (κ3) is 3.65. The minimum absolute atomic E-state index is 0.361. The van der Waals surface area contributed by atoms with E-state index in [-0.39, 0.29) is 0 Å². The average molecular weight is 251 g/mol. The Kier molecular flexibility index (Phi) is 4.98. The predicted octanol–water partition coefficient (Wildman–Crippen LogP) is 0.968. The smallest absolute Gasteiger partial charge is 0.333 e. The monoisotopic (exact) mass is 251 g/mol. The van der Waals surface area contributed by atoms with Crippen LogP contribution in [-0.2, 0) is 0 Å². The van der Waals surface area contributed by atoms with E-state index < -0.39 is 11.9 Å². The lowest BCUT2D eigenvalue weighted by Gasteiger charge is -2.11. The first-order valence-electron chi connectivity index (χ1n) is 5.57. The third-order valence-electron chi connectivity index (χ3n) is 2.23. The van der Waals surface area contributed by atoms with Crippen molar-refractivity contribution in [2.24, 2.45) is 0 Å². The summed E-state index contributed by atoms with van der Waals surface area (Å²) in [6, 6.07) is 4.73. The van der Waals surface area contributed by atoms with Gasteiger partial charge in [-0.1, -0.05) is 6.07 Å². The van der Waals surface area contributed by atoms with Gasteiger partial charge in [-0.15, -0.1) is 0 Å². The number of ether oxygens (including phenoxy) is 1. The molecule has 0 saturated heterocycles. The Morgan fingerprint density at radius 3 is 2.61 bits per heavy atom. The van der Waals surface area contributed by atoms with Crippen molar-refractivity contribution in [3.8, 4) is 5.75 Å². The number of carbonyl (C=O) groups is 2. The first-order chi connectivity index (χ1) is 8.58. The zero-order valence-electron chi connectivity index (χ0n) is 10.7. The molecular formula is C12H17N3O3. The van der Waals surface area contributed by atoms with Crippen molar-refractivity contribution >= 4 is 11.9 Å². The van der Waals surface area contributed by atoms with E-state index >= 15 is 0 Å². The van der Waals surface area contributed by atoms with E-state index in [9.17, 15) is 9.59 Å². The Morgan fingerprint density at radius 1 is 1.28 bits per heavy atom. The van der Waals surface area contributed by atoms with Gasteiger partial charge in [-0.25, -0.2) is 10.2 Å². The van der Waals surface area contributed by atoms with Gasteiger partial charge in [-0.3, -0.25) is 10.2 Å². The van der Waals surface area contributed by atoms with E-state index in [0.717, 1.165) is 5.56 Å². The molecular weight excluding hydrogens is 234 g/mol. The second-order valence-corrected chi connectivity index (χ2v) is 3.64. The molecule has 0 heterocycles. The Hall–Kier alpha value is -2.24. The van der Waals surface area contributed by atoms with Gasteiger partial charge in [-0.05, 0) is 31.5 Å². The maximum atomic E-state index is 11.8. The number of urea groups is 1. The first kappa shape index (κ1) is 13.8. The molecule has 0 aromatic heterocycles. The van der Waals surface area contributed by atoms with Crippen molar-refractivity contribution in [3.05, 3.63) is 29.3 Å². The molecule has 0 bridgehead atoms. The molecule has 1 aromatic carbocycles. The standard InChI is InChI=1S/C12H17N3O3/c1-4-13-12(17)15-14-11(16)9-6-5-8(2)7-10(9)18-3/h5-7H,4H2,1-3H3,(H,14,16)(H2,13,15,17). The minimum Gasteiger partial charge on any atom is -0.496 e. The highest BCUT2D eigenvalue weighted by molar-refractivity contribution is 5.97. The number of nitrogens with one attached hydrogen (secondary N) is 3. The summed E-state index contributed by atoms with van der Waals surface area (Å²) >= 11 is 0. The Balaban J connectivity index is 2.69. The summed E-state index contributed by atoms with van der Waals surface area (Å²) in [4.78, 5) is 22.9. The van der Waals surface area contributed by atoms with Gasteiger partial charge >= 0.3 is 6.03 Å². The summed E-state index contributed by atoms with van der Waals surface area (Å²) in [6.45, 7) is 4.16. The number of aryl methyl sites for hydroxylation is 1. The Bertz CT molecular complexity index is 446. The summed E-state index contributed by atoms with van der Waals surface area (Å²) in [5.41, 5.74) is 5.89. The number of methoxy groups -OCH3 is 1. The van der Waals surface area contributed by atoms with Crippen LogP contribution in [0.5, 0.6) is 5.75 Å². The van der Waals surface area contributed by atoms with Crippen LogP contribution in [0.3, 0.4) is 0 Å². The number of rotatable bonds is 3. The maximum Gasteiger partial charge on any atom is 0.333 e. The lowest BCUT2D eigenvalue weighted by Crippen LogP contribution is -2.46. The highest BCUT2D eigenvalue weighted by Crippen LogP contribution is 2.19. The van der Waals surface area contributed by atoms with Crippen LogP contribution in [0.25, 0.3) is 0 Å². The van der Waals surface area contributed by atoms with Gasteiger partial charge in [0.25, 0.3) is 5.91 Å². The van der Waals surface area contributed by atoms with Crippen molar-refractivity contribution in [2.45, 2.75) is 13.8 Å². The molecule has 0 radical (unpaired) electrons.